The minimum absolute atomic E-state index is 0.0738. The number of nitrogens with one attached hydrogen (secondary N) is 1. The van der Waals surface area contributed by atoms with Crippen LogP contribution in [0.15, 0.2) is 120 Å². The van der Waals surface area contributed by atoms with Crippen LogP contribution in [0.5, 0.6) is 0 Å². The van der Waals surface area contributed by atoms with Crippen molar-refractivity contribution in [3.05, 3.63) is 138 Å². The number of ketones is 1. The van der Waals surface area contributed by atoms with Crippen molar-refractivity contribution < 1.29 is 18.0 Å². The van der Waals surface area contributed by atoms with Crippen LogP contribution in [0, 0.1) is 23.2 Å². The minimum Gasteiger partial charge on any atom is -0.357 e. The highest BCUT2D eigenvalue weighted by atomic mass is 32.2. The van der Waals surface area contributed by atoms with E-state index < -0.39 is 15.6 Å². The van der Waals surface area contributed by atoms with Gasteiger partial charge in [0, 0.05) is 80.2 Å². The number of pyridine rings is 2. The van der Waals surface area contributed by atoms with Crippen molar-refractivity contribution >= 4 is 21.7 Å². The Morgan fingerprint density at radius 1 is 0.891 bits per heavy atom. The maximum absolute atomic E-state index is 14.8. The molecule has 7 rings (SSSR count). The first-order valence-corrected chi connectivity index (χ1v) is 16.4. The van der Waals surface area contributed by atoms with E-state index >= 15 is 0 Å². The summed E-state index contributed by atoms with van der Waals surface area (Å²) in [5.74, 6) is -0.241. The molecule has 1 aliphatic carbocycles. The molecule has 1 saturated carbocycles. The van der Waals surface area contributed by atoms with Gasteiger partial charge in [-0.05, 0) is 71.8 Å². The Labute approximate surface area is 267 Å². The number of nitriles is 1. The molecule has 2 aromatic heterocycles. The molecular formula is C35H30N6O4S. The number of rotatable bonds is 9. The third kappa shape index (κ3) is 5.36. The highest BCUT2D eigenvalue weighted by Gasteiger charge is 2.65. The lowest BCUT2D eigenvalue weighted by Gasteiger charge is -2.28. The Morgan fingerprint density at radius 3 is 2.00 bits per heavy atom. The molecule has 0 bridgehead atoms. The van der Waals surface area contributed by atoms with Crippen molar-refractivity contribution in [2.45, 2.75) is 29.3 Å². The monoisotopic (exact) mass is 630 g/mol. The largest absolute Gasteiger partial charge is 0.357 e. The number of aromatic nitrogens is 2. The molecule has 1 unspecified atom stereocenters. The summed E-state index contributed by atoms with van der Waals surface area (Å²) in [7, 11) is -3.67. The highest BCUT2D eigenvalue weighted by Crippen LogP contribution is 2.53. The minimum atomic E-state index is -3.67. The van der Waals surface area contributed by atoms with Gasteiger partial charge < -0.3 is 5.32 Å². The van der Waals surface area contributed by atoms with Crippen molar-refractivity contribution in [2.75, 3.05) is 13.1 Å². The smallest absolute Gasteiger partial charge is 0.254 e. The second kappa shape index (κ2) is 11.6. The van der Waals surface area contributed by atoms with Gasteiger partial charge in [-0.1, -0.05) is 18.2 Å². The Bertz CT molecular complexity index is 1910. The van der Waals surface area contributed by atoms with E-state index in [9.17, 15) is 23.3 Å². The average Bonchev–Trinajstić information content (AvgIpc) is 3.41. The molecule has 2 aliphatic heterocycles. The van der Waals surface area contributed by atoms with Gasteiger partial charge in [-0.25, -0.2) is 8.42 Å². The summed E-state index contributed by atoms with van der Waals surface area (Å²) in [5.41, 5.74) is 1.51. The lowest BCUT2D eigenvalue weighted by atomic mass is 9.85. The lowest BCUT2D eigenvalue weighted by Crippen LogP contribution is -2.51. The number of hydrogen-bond donors (Lipinski definition) is 1. The number of sulfonamides is 1. The quantitative estimate of drug-likeness (QED) is 0.220. The zero-order valence-corrected chi connectivity index (χ0v) is 25.5. The Hall–Kier alpha value is -5.18. The number of fused-ring (bicyclic) bond motifs is 1. The Kier molecular flexibility index (Phi) is 7.47. The van der Waals surface area contributed by atoms with Crippen molar-refractivity contribution in [2.24, 2.45) is 11.8 Å². The number of nitrogens with zero attached hydrogens (tertiary/aromatic N) is 5. The van der Waals surface area contributed by atoms with Gasteiger partial charge in [0.15, 0.2) is 5.78 Å². The second-order valence-corrected chi connectivity index (χ2v) is 13.9. The van der Waals surface area contributed by atoms with Crippen molar-refractivity contribution in [1.29, 1.82) is 5.26 Å². The lowest BCUT2D eigenvalue weighted by molar-refractivity contribution is -0.132. The number of carbonyl (C=O) groups excluding carboxylic acids is 2. The first-order chi connectivity index (χ1) is 22.3. The molecule has 3 aliphatic rings. The van der Waals surface area contributed by atoms with E-state index in [1.165, 1.54) is 10.4 Å². The van der Waals surface area contributed by atoms with Crippen LogP contribution < -0.4 is 5.32 Å². The van der Waals surface area contributed by atoms with E-state index in [1.807, 2.05) is 24.3 Å². The number of carbonyl (C=O) groups is 2. The van der Waals surface area contributed by atoms with Crippen molar-refractivity contribution in [3.63, 3.8) is 0 Å². The molecule has 0 radical (unpaired) electrons. The molecule has 3 fully saturated rings. The first-order valence-electron chi connectivity index (χ1n) is 15.0. The summed E-state index contributed by atoms with van der Waals surface area (Å²) >= 11 is 0. The summed E-state index contributed by atoms with van der Waals surface area (Å²) < 4.78 is 28.2. The molecule has 230 valence electrons. The average molecular weight is 631 g/mol. The molecule has 4 heterocycles. The van der Waals surface area contributed by atoms with Gasteiger partial charge in [0.05, 0.1) is 16.5 Å². The van der Waals surface area contributed by atoms with Crippen molar-refractivity contribution in [1.82, 2.24) is 24.5 Å². The zero-order chi connectivity index (χ0) is 31.9. The topological polar surface area (TPSA) is 136 Å². The molecule has 2 saturated heterocycles. The highest BCUT2D eigenvalue weighted by molar-refractivity contribution is 7.89. The zero-order valence-electron chi connectivity index (χ0n) is 24.7. The van der Waals surface area contributed by atoms with Crippen LogP contribution in [-0.4, -0.2) is 64.0 Å². The SMILES string of the molecule is N#Cc1ccc(C(=O)/C=C2\NC(Cc3ccncc3)(Cc3ccncc3)C(=O)N2C2[C@H]3CN(S(=O)(=O)c4ccccc4)C[C@@H]23)cc1. The summed E-state index contributed by atoms with van der Waals surface area (Å²) in [4.78, 5) is 38.6. The Balaban J connectivity index is 1.24. The second-order valence-electron chi connectivity index (χ2n) is 12.0. The number of amides is 1. The number of piperidine rings is 1. The number of hydrogen-bond acceptors (Lipinski definition) is 8. The molecule has 0 spiro atoms. The standard InChI is InChI=1S/C35H30N6O4S/c36-21-26-6-8-27(9-7-26)31(42)18-32-39-35(19-24-10-14-37-15-11-24,20-25-12-16-38-17-13-25)34(43)41(32)33-29-22-40(23-30(29)33)46(44,45)28-4-2-1-3-5-28/h1-18,29-30,33,39H,19-20,22-23H2/b32-18+/t29-,30+,33?. The number of benzene rings is 2. The van der Waals surface area contributed by atoms with Crippen molar-refractivity contribution in [3.8, 4) is 6.07 Å². The summed E-state index contributed by atoms with van der Waals surface area (Å²) in [6.07, 6.45) is 8.87. The first kappa shape index (κ1) is 29.5. The number of allylic oxidation sites excluding steroid dienone is 1. The van der Waals surface area contributed by atoms with Crippen LogP contribution >= 0.6 is 0 Å². The molecule has 10 nitrogen and oxygen atoms in total. The van der Waals surface area contributed by atoms with Crippen LogP contribution in [0.2, 0.25) is 0 Å². The van der Waals surface area contributed by atoms with Gasteiger partial charge in [0.1, 0.15) is 11.4 Å². The van der Waals surface area contributed by atoms with Crippen LogP contribution in [0.1, 0.15) is 27.0 Å². The fraction of sp³-hybridized carbons (Fsp3) is 0.229. The fourth-order valence-electron chi connectivity index (χ4n) is 6.79. The normalized spacial score (nSPS) is 22.7. The molecular weight excluding hydrogens is 600 g/mol. The maximum atomic E-state index is 14.8. The maximum Gasteiger partial charge on any atom is 0.254 e. The molecule has 2 aromatic carbocycles. The molecule has 4 aromatic rings. The molecule has 1 amide bonds. The molecule has 1 N–H and O–H groups in total. The molecule has 11 heteroatoms. The third-order valence-corrected chi connectivity index (χ3v) is 11.0. The fourth-order valence-corrected chi connectivity index (χ4v) is 8.33. The van der Waals surface area contributed by atoms with Gasteiger partial charge in [-0.2, -0.15) is 9.57 Å². The van der Waals surface area contributed by atoms with Gasteiger partial charge in [-0.15, -0.1) is 0 Å². The predicted molar refractivity (Wildman–Crippen MR) is 168 cm³/mol. The van der Waals surface area contributed by atoms with E-state index in [0.29, 0.717) is 29.8 Å². The van der Waals surface area contributed by atoms with Crippen LogP contribution in [0.3, 0.4) is 0 Å². The Morgan fingerprint density at radius 2 is 1.46 bits per heavy atom. The third-order valence-electron chi connectivity index (χ3n) is 9.13. The molecule has 3 atom stereocenters. The van der Waals surface area contributed by atoms with Crippen LogP contribution in [0.25, 0.3) is 0 Å². The van der Waals surface area contributed by atoms with E-state index in [-0.39, 0.29) is 47.6 Å². The summed E-state index contributed by atoms with van der Waals surface area (Å²) in [5, 5.41) is 12.7. The predicted octanol–water partition coefficient (Wildman–Crippen LogP) is 3.35. The van der Waals surface area contributed by atoms with E-state index in [4.69, 9.17) is 0 Å². The van der Waals surface area contributed by atoms with Gasteiger partial charge in [0.2, 0.25) is 10.0 Å². The molecule has 46 heavy (non-hydrogen) atoms. The summed E-state index contributed by atoms with van der Waals surface area (Å²) in [6.45, 7) is 0.573. The van der Waals surface area contributed by atoms with E-state index in [2.05, 4.69) is 21.4 Å². The van der Waals surface area contributed by atoms with Crippen LogP contribution in [-0.2, 0) is 27.7 Å². The van der Waals surface area contributed by atoms with Gasteiger partial charge in [0.25, 0.3) is 5.91 Å². The van der Waals surface area contributed by atoms with Gasteiger partial charge in [-0.3, -0.25) is 24.5 Å². The van der Waals surface area contributed by atoms with Crippen LogP contribution in [0.4, 0.5) is 0 Å². The van der Waals surface area contributed by atoms with E-state index in [0.717, 1.165) is 11.1 Å². The van der Waals surface area contributed by atoms with Gasteiger partial charge >= 0.3 is 0 Å². The van der Waals surface area contributed by atoms with E-state index in [1.54, 1.807) is 84.3 Å². The summed E-state index contributed by atoms with van der Waals surface area (Å²) in [6, 6.07) is 24.0.